The van der Waals surface area contributed by atoms with Crippen LogP contribution in [0.2, 0.25) is 0 Å². The summed E-state index contributed by atoms with van der Waals surface area (Å²) in [4.78, 5) is 11.7. The molecule has 0 spiro atoms. The first kappa shape index (κ1) is 15.6. The van der Waals surface area contributed by atoms with Gasteiger partial charge in [0.25, 0.3) is 0 Å². The summed E-state index contributed by atoms with van der Waals surface area (Å²) >= 11 is 3.49. The summed E-state index contributed by atoms with van der Waals surface area (Å²) in [6.45, 7) is 2.03. The van der Waals surface area contributed by atoms with Gasteiger partial charge in [-0.2, -0.15) is 0 Å². The van der Waals surface area contributed by atoms with Gasteiger partial charge in [-0.1, -0.05) is 0 Å². The lowest BCUT2D eigenvalue weighted by molar-refractivity contribution is 0.111. The lowest BCUT2D eigenvalue weighted by atomic mass is 10.0. The number of hydrogen-bond donors (Lipinski definition) is 0. The number of benzene rings is 1. The zero-order valence-corrected chi connectivity index (χ0v) is 14.7. The van der Waals surface area contributed by atoms with E-state index >= 15 is 0 Å². The van der Waals surface area contributed by atoms with Crippen LogP contribution in [0.5, 0.6) is 11.5 Å². The summed E-state index contributed by atoms with van der Waals surface area (Å²) in [6, 6.07) is 9.73. The van der Waals surface area contributed by atoms with Crippen molar-refractivity contribution in [3.8, 4) is 22.6 Å². The number of halogens is 1. The second kappa shape index (κ2) is 6.08. The summed E-state index contributed by atoms with van der Waals surface area (Å²) in [5.41, 5.74) is 4.36. The van der Waals surface area contributed by atoms with Gasteiger partial charge in [-0.25, -0.2) is 0 Å². The SMILES string of the molecule is COc1cc(OC)c(-c2cc3cc(C)ccn3c2C=O)cc1Br. The molecule has 3 aromatic rings. The average Bonchev–Trinajstić information content (AvgIpc) is 2.91. The molecule has 23 heavy (non-hydrogen) atoms. The van der Waals surface area contributed by atoms with Crippen molar-refractivity contribution in [2.24, 2.45) is 0 Å². The van der Waals surface area contributed by atoms with Crippen LogP contribution in [0.15, 0.2) is 41.0 Å². The minimum Gasteiger partial charge on any atom is -0.496 e. The third-order valence-corrected chi connectivity index (χ3v) is 4.46. The van der Waals surface area contributed by atoms with Crippen LogP contribution < -0.4 is 9.47 Å². The Morgan fingerprint density at radius 2 is 1.78 bits per heavy atom. The van der Waals surface area contributed by atoms with E-state index in [2.05, 4.69) is 15.9 Å². The van der Waals surface area contributed by atoms with Crippen molar-refractivity contribution >= 4 is 27.7 Å². The number of rotatable bonds is 4. The molecule has 0 aliphatic heterocycles. The van der Waals surface area contributed by atoms with Crippen molar-refractivity contribution in [3.63, 3.8) is 0 Å². The molecule has 2 aromatic heterocycles. The number of fused-ring (bicyclic) bond motifs is 1. The average molecular weight is 374 g/mol. The van der Waals surface area contributed by atoms with E-state index in [1.807, 2.05) is 47.9 Å². The molecule has 0 saturated heterocycles. The molecule has 5 heteroatoms. The van der Waals surface area contributed by atoms with Crippen LogP contribution >= 0.6 is 15.9 Å². The third-order valence-electron chi connectivity index (χ3n) is 3.84. The van der Waals surface area contributed by atoms with Gasteiger partial charge in [0.2, 0.25) is 0 Å². The van der Waals surface area contributed by atoms with Gasteiger partial charge in [0.05, 0.1) is 24.4 Å². The summed E-state index contributed by atoms with van der Waals surface area (Å²) in [7, 11) is 3.21. The number of aryl methyl sites for hydroxylation is 1. The maximum Gasteiger partial charge on any atom is 0.167 e. The van der Waals surface area contributed by atoms with Crippen LogP contribution in [0.25, 0.3) is 16.6 Å². The highest BCUT2D eigenvalue weighted by atomic mass is 79.9. The second-order valence-electron chi connectivity index (χ2n) is 5.25. The molecule has 4 nitrogen and oxygen atoms in total. The van der Waals surface area contributed by atoms with Crippen LogP contribution in [-0.4, -0.2) is 24.9 Å². The topological polar surface area (TPSA) is 39.9 Å². The molecular weight excluding hydrogens is 358 g/mol. The van der Waals surface area contributed by atoms with E-state index in [1.165, 1.54) is 0 Å². The maximum atomic E-state index is 11.7. The molecule has 0 N–H and O–H groups in total. The molecule has 2 heterocycles. The molecule has 0 bridgehead atoms. The van der Waals surface area contributed by atoms with Gasteiger partial charge in [0, 0.05) is 28.9 Å². The Balaban J connectivity index is 2.32. The fourth-order valence-corrected chi connectivity index (χ4v) is 3.22. The number of aromatic nitrogens is 1. The van der Waals surface area contributed by atoms with Crippen LogP contribution in [0, 0.1) is 6.92 Å². The van der Waals surface area contributed by atoms with Gasteiger partial charge in [-0.05, 0) is 52.7 Å². The molecule has 0 amide bonds. The predicted octanol–water partition coefficient (Wildman–Crippen LogP) is 4.51. The molecule has 0 fully saturated rings. The second-order valence-corrected chi connectivity index (χ2v) is 6.10. The predicted molar refractivity (Wildman–Crippen MR) is 93.8 cm³/mol. The van der Waals surface area contributed by atoms with Crippen LogP contribution in [0.3, 0.4) is 0 Å². The first-order chi connectivity index (χ1) is 11.1. The summed E-state index contributed by atoms with van der Waals surface area (Å²) in [5, 5.41) is 0. The minimum atomic E-state index is 0.593. The van der Waals surface area contributed by atoms with Crippen molar-refractivity contribution in [2.75, 3.05) is 14.2 Å². The Bertz CT molecular complexity index is 899. The van der Waals surface area contributed by atoms with Gasteiger partial charge in [-0.3, -0.25) is 4.79 Å². The first-order valence-electron chi connectivity index (χ1n) is 7.07. The van der Waals surface area contributed by atoms with Gasteiger partial charge >= 0.3 is 0 Å². The van der Waals surface area contributed by atoms with E-state index < -0.39 is 0 Å². The van der Waals surface area contributed by atoms with Crippen molar-refractivity contribution in [1.29, 1.82) is 0 Å². The smallest absolute Gasteiger partial charge is 0.167 e. The molecule has 0 atom stereocenters. The number of hydrogen-bond acceptors (Lipinski definition) is 3. The lowest BCUT2D eigenvalue weighted by Crippen LogP contribution is -1.95. The molecule has 0 aliphatic carbocycles. The minimum absolute atomic E-state index is 0.593. The van der Waals surface area contributed by atoms with E-state index in [0.717, 1.165) is 33.0 Å². The third kappa shape index (κ3) is 2.61. The molecule has 0 unspecified atom stereocenters. The monoisotopic (exact) mass is 373 g/mol. The van der Waals surface area contributed by atoms with Gasteiger partial charge < -0.3 is 13.9 Å². The van der Waals surface area contributed by atoms with Gasteiger partial charge in [-0.15, -0.1) is 0 Å². The van der Waals surface area contributed by atoms with Crippen molar-refractivity contribution < 1.29 is 14.3 Å². The number of nitrogens with zero attached hydrogens (tertiary/aromatic N) is 1. The van der Waals surface area contributed by atoms with Crippen LogP contribution in [0.4, 0.5) is 0 Å². The normalized spacial score (nSPS) is 10.8. The Labute approximate surface area is 142 Å². The van der Waals surface area contributed by atoms with E-state index in [-0.39, 0.29) is 0 Å². The molecule has 0 saturated carbocycles. The molecular formula is C18H16BrNO3. The molecule has 0 aliphatic rings. The summed E-state index contributed by atoms with van der Waals surface area (Å²) in [5.74, 6) is 1.33. The number of ether oxygens (including phenoxy) is 2. The fraction of sp³-hybridized carbons (Fsp3) is 0.167. The number of aldehydes is 1. The number of carbonyl (C=O) groups is 1. The van der Waals surface area contributed by atoms with E-state index in [9.17, 15) is 4.79 Å². The Morgan fingerprint density at radius 3 is 2.43 bits per heavy atom. The molecule has 0 radical (unpaired) electrons. The van der Waals surface area contributed by atoms with Crippen molar-refractivity contribution in [1.82, 2.24) is 4.40 Å². The zero-order valence-electron chi connectivity index (χ0n) is 13.1. The number of carbonyl (C=O) groups excluding carboxylic acids is 1. The molecule has 3 rings (SSSR count). The van der Waals surface area contributed by atoms with E-state index in [0.29, 0.717) is 17.2 Å². The van der Waals surface area contributed by atoms with Gasteiger partial charge in [0.15, 0.2) is 6.29 Å². The summed E-state index contributed by atoms with van der Waals surface area (Å²) in [6.07, 6.45) is 2.78. The van der Waals surface area contributed by atoms with E-state index in [4.69, 9.17) is 9.47 Å². The maximum absolute atomic E-state index is 11.7. The molecule has 1 aromatic carbocycles. The van der Waals surface area contributed by atoms with Crippen molar-refractivity contribution in [2.45, 2.75) is 6.92 Å². The zero-order chi connectivity index (χ0) is 16.6. The fourth-order valence-electron chi connectivity index (χ4n) is 2.72. The highest BCUT2D eigenvalue weighted by Crippen LogP contribution is 2.40. The standard InChI is InChI=1S/C18H16BrNO3/c1-11-4-5-20-12(6-11)7-13(16(20)10-21)14-8-15(19)18(23-3)9-17(14)22-2/h4-10H,1-3H3. The van der Waals surface area contributed by atoms with Crippen LogP contribution in [-0.2, 0) is 0 Å². The Morgan fingerprint density at radius 1 is 1.04 bits per heavy atom. The van der Waals surface area contributed by atoms with Crippen LogP contribution in [0.1, 0.15) is 16.1 Å². The highest BCUT2D eigenvalue weighted by molar-refractivity contribution is 9.10. The highest BCUT2D eigenvalue weighted by Gasteiger charge is 2.17. The largest absolute Gasteiger partial charge is 0.496 e. The number of pyridine rings is 1. The Hall–Kier alpha value is -2.27. The summed E-state index contributed by atoms with van der Waals surface area (Å²) < 4.78 is 13.5. The van der Waals surface area contributed by atoms with E-state index in [1.54, 1.807) is 14.2 Å². The number of methoxy groups -OCH3 is 2. The Kier molecular flexibility index (Phi) is 4.13. The quantitative estimate of drug-likeness (QED) is 0.631. The molecule has 118 valence electrons. The lowest BCUT2D eigenvalue weighted by Gasteiger charge is -2.12. The first-order valence-corrected chi connectivity index (χ1v) is 7.87. The van der Waals surface area contributed by atoms with Crippen molar-refractivity contribution in [3.05, 3.63) is 52.3 Å². The van der Waals surface area contributed by atoms with Gasteiger partial charge in [0.1, 0.15) is 11.5 Å².